The molecule has 0 aromatic heterocycles. The number of halogens is 1. The monoisotopic (exact) mass is 282 g/mol. The van der Waals surface area contributed by atoms with Gasteiger partial charge in [-0.05, 0) is 37.6 Å². The molecular weight excluding hydrogens is 264 g/mol. The maximum absolute atomic E-state index is 11.6. The zero-order valence-corrected chi connectivity index (χ0v) is 12.1. The Morgan fingerprint density at radius 3 is 2.63 bits per heavy atom. The molecule has 1 aromatic rings. The first kappa shape index (κ1) is 15.6. The van der Waals surface area contributed by atoms with Gasteiger partial charge in [0.25, 0.3) is 0 Å². The van der Waals surface area contributed by atoms with Gasteiger partial charge in [0.1, 0.15) is 5.75 Å². The van der Waals surface area contributed by atoms with Crippen LogP contribution < -0.4 is 4.74 Å². The van der Waals surface area contributed by atoms with Crippen LogP contribution in [0, 0.1) is 0 Å². The number of carbonyl (C=O) groups excluding carboxylic acids is 1. The summed E-state index contributed by atoms with van der Waals surface area (Å²) >= 11 is 5.75. The molecule has 0 atom stereocenters. The molecule has 0 amide bonds. The van der Waals surface area contributed by atoms with Crippen LogP contribution in [-0.2, 0) is 9.53 Å². The molecule has 4 heteroatoms. The topological polar surface area (TPSA) is 35.5 Å². The van der Waals surface area contributed by atoms with Crippen LogP contribution in [0.4, 0.5) is 0 Å². The van der Waals surface area contributed by atoms with E-state index in [4.69, 9.17) is 21.1 Å². The standard InChI is InChI=1S/C15H19ClO3/c1-3-4-5-6-12(2)15(17)19-11-18-14-9-7-13(16)8-10-14/h6-10H,3-5,11H2,1-2H3. The quantitative estimate of drug-likeness (QED) is 0.323. The van der Waals surface area contributed by atoms with E-state index in [0.29, 0.717) is 16.3 Å². The summed E-state index contributed by atoms with van der Waals surface area (Å²) in [5, 5.41) is 0.638. The molecule has 0 fully saturated rings. The summed E-state index contributed by atoms with van der Waals surface area (Å²) in [6.45, 7) is 3.77. The molecule has 1 rings (SSSR count). The molecule has 0 saturated heterocycles. The number of unbranched alkanes of at least 4 members (excludes halogenated alkanes) is 2. The number of hydrogen-bond acceptors (Lipinski definition) is 3. The van der Waals surface area contributed by atoms with Gasteiger partial charge < -0.3 is 9.47 Å². The fraction of sp³-hybridized carbons (Fsp3) is 0.400. The summed E-state index contributed by atoms with van der Waals surface area (Å²) in [5.41, 5.74) is 0.619. The van der Waals surface area contributed by atoms with Gasteiger partial charge >= 0.3 is 5.97 Å². The molecule has 0 aliphatic heterocycles. The van der Waals surface area contributed by atoms with Gasteiger partial charge in [0.15, 0.2) is 0 Å². The van der Waals surface area contributed by atoms with Crippen LogP contribution in [-0.4, -0.2) is 12.8 Å². The smallest absolute Gasteiger partial charge is 0.336 e. The van der Waals surface area contributed by atoms with Crippen molar-refractivity contribution in [2.24, 2.45) is 0 Å². The van der Waals surface area contributed by atoms with E-state index in [1.54, 1.807) is 31.2 Å². The van der Waals surface area contributed by atoms with Gasteiger partial charge in [0, 0.05) is 10.6 Å². The average Bonchev–Trinajstić information content (AvgIpc) is 2.41. The zero-order valence-electron chi connectivity index (χ0n) is 11.3. The van der Waals surface area contributed by atoms with Crippen molar-refractivity contribution in [3.05, 3.63) is 40.9 Å². The average molecular weight is 283 g/mol. The van der Waals surface area contributed by atoms with Crippen molar-refractivity contribution in [1.82, 2.24) is 0 Å². The van der Waals surface area contributed by atoms with E-state index in [-0.39, 0.29) is 12.8 Å². The van der Waals surface area contributed by atoms with E-state index in [0.717, 1.165) is 19.3 Å². The maximum Gasteiger partial charge on any atom is 0.336 e. The molecule has 0 bridgehead atoms. The number of allylic oxidation sites excluding steroid dienone is 1. The molecule has 0 spiro atoms. The van der Waals surface area contributed by atoms with E-state index in [1.165, 1.54) is 0 Å². The lowest BCUT2D eigenvalue weighted by atomic mass is 10.2. The minimum Gasteiger partial charge on any atom is -0.457 e. The molecule has 19 heavy (non-hydrogen) atoms. The van der Waals surface area contributed by atoms with E-state index in [2.05, 4.69) is 6.92 Å². The number of rotatable bonds is 7. The van der Waals surface area contributed by atoms with Crippen LogP contribution in [0.1, 0.15) is 33.1 Å². The number of esters is 1. The highest BCUT2D eigenvalue weighted by Crippen LogP contribution is 2.15. The highest BCUT2D eigenvalue weighted by Gasteiger charge is 2.05. The van der Waals surface area contributed by atoms with E-state index in [1.807, 2.05) is 6.08 Å². The van der Waals surface area contributed by atoms with Gasteiger partial charge in [0.05, 0.1) is 0 Å². The van der Waals surface area contributed by atoms with Crippen molar-refractivity contribution in [2.45, 2.75) is 33.1 Å². The van der Waals surface area contributed by atoms with Crippen LogP contribution in [0.2, 0.25) is 5.02 Å². The first-order valence-corrected chi connectivity index (χ1v) is 6.73. The number of hydrogen-bond donors (Lipinski definition) is 0. The molecule has 0 aliphatic carbocycles. The fourth-order valence-corrected chi connectivity index (χ4v) is 1.53. The Kier molecular flexibility index (Phi) is 7.04. The van der Waals surface area contributed by atoms with E-state index >= 15 is 0 Å². The van der Waals surface area contributed by atoms with Crippen LogP contribution >= 0.6 is 11.6 Å². The molecule has 0 radical (unpaired) electrons. The van der Waals surface area contributed by atoms with Crippen molar-refractivity contribution in [2.75, 3.05) is 6.79 Å². The lowest BCUT2D eigenvalue weighted by Crippen LogP contribution is -2.11. The summed E-state index contributed by atoms with van der Waals surface area (Å²) < 4.78 is 10.3. The molecule has 1 aromatic carbocycles. The molecule has 3 nitrogen and oxygen atoms in total. The van der Waals surface area contributed by atoms with Crippen LogP contribution in [0.3, 0.4) is 0 Å². The summed E-state index contributed by atoms with van der Waals surface area (Å²) in [6, 6.07) is 6.88. The normalized spacial score (nSPS) is 11.2. The summed E-state index contributed by atoms with van der Waals surface area (Å²) in [4.78, 5) is 11.6. The SMILES string of the molecule is CCCCC=C(C)C(=O)OCOc1ccc(Cl)cc1. The third-order valence-electron chi connectivity index (χ3n) is 2.56. The van der Waals surface area contributed by atoms with E-state index < -0.39 is 0 Å². The Morgan fingerprint density at radius 2 is 2.00 bits per heavy atom. The predicted octanol–water partition coefficient (Wildman–Crippen LogP) is 4.36. The summed E-state index contributed by atoms with van der Waals surface area (Å²) in [6.07, 6.45) is 4.98. The molecule has 0 aliphatic rings. The van der Waals surface area contributed by atoms with Crippen LogP contribution in [0.15, 0.2) is 35.9 Å². The van der Waals surface area contributed by atoms with Gasteiger partial charge in [-0.25, -0.2) is 4.79 Å². The van der Waals surface area contributed by atoms with Gasteiger partial charge in [-0.3, -0.25) is 0 Å². The van der Waals surface area contributed by atoms with Crippen molar-refractivity contribution in [3.8, 4) is 5.75 Å². The largest absolute Gasteiger partial charge is 0.457 e. The number of ether oxygens (including phenoxy) is 2. The first-order chi connectivity index (χ1) is 9.13. The van der Waals surface area contributed by atoms with Crippen molar-refractivity contribution in [1.29, 1.82) is 0 Å². The molecule has 0 heterocycles. The summed E-state index contributed by atoms with van der Waals surface area (Å²) in [5.74, 6) is 0.273. The second kappa shape index (κ2) is 8.59. The second-order valence-corrected chi connectivity index (χ2v) is 4.61. The summed E-state index contributed by atoms with van der Waals surface area (Å²) in [7, 11) is 0. The Labute approximate surface area is 119 Å². The Bertz CT molecular complexity index is 424. The fourth-order valence-electron chi connectivity index (χ4n) is 1.40. The van der Waals surface area contributed by atoms with E-state index in [9.17, 15) is 4.79 Å². The lowest BCUT2D eigenvalue weighted by molar-refractivity contribution is -0.145. The number of benzene rings is 1. The third kappa shape index (κ3) is 6.30. The zero-order chi connectivity index (χ0) is 14.1. The highest BCUT2D eigenvalue weighted by atomic mass is 35.5. The number of carbonyl (C=O) groups is 1. The Morgan fingerprint density at radius 1 is 1.32 bits per heavy atom. The van der Waals surface area contributed by atoms with Gasteiger partial charge in [-0.2, -0.15) is 0 Å². The first-order valence-electron chi connectivity index (χ1n) is 6.35. The van der Waals surface area contributed by atoms with Gasteiger partial charge in [-0.15, -0.1) is 0 Å². The van der Waals surface area contributed by atoms with Crippen LogP contribution in [0.25, 0.3) is 0 Å². The minimum absolute atomic E-state index is 0.0978. The molecule has 0 unspecified atom stereocenters. The van der Waals surface area contributed by atoms with Crippen molar-refractivity contribution < 1.29 is 14.3 Å². The molecule has 104 valence electrons. The predicted molar refractivity (Wildman–Crippen MR) is 76.3 cm³/mol. The van der Waals surface area contributed by atoms with Crippen molar-refractivity contribution in [3.63, 3.8) is 0 Å². The van der Waals surface area contributed by atoms with Gasteiger partial charge in [-0.1, -0.05) is 37.4 Å². The minimum atomic E-state index is -0.343. The van der Waals surface area contributed by atoms with Gasteiger partial charge in [0.2, 0.25) is 6.79 Å². The molecule has 0 saturated carbocycles. The third-order valence-corrected chi connectivity index (χ3v) is 2.81. The van der Waals surface area contributed by atoms with Crippen molar-refractivity contribution >= 4 is 17.6 Å². The molecule has 0 N–H and O–H groups in total. The highest BCUT2D eigenvalue weighted by molar-refractivity contribution is 6.30. The maximum atomic E-state index is 11.6. The second-order valence-electron chi connectivity index (χ2n) is 4.18. The molecular formula is C15H19ClO3. The van der Waals surface area contributed by atoms with Crippen LogP contribution in [0.5, 0.6) is 5.75 Å². The Hall–Kier alpha value is -1.48. The Balaban J connectivity index is 2.30. The lowest BCUT2D eigenvalue weighted by Gasteiger charge is -2.07.